The van der Waals surface area contributed by atoms with Gasteiger partial charge >= 0.3 is 5.97 Å². The smallest absolute Gasteiger partial charge is 0.303 e. The zero-order valence-corrected chi connectivity index (χ0v) is 20.1. The zero-order chi connectivity index (χ0) is 26.4. The van der Waals surface area contributed by atoms with E-state index in [9.17, 15) is 9.59 Å². The van der Waals surface area contributed by atoms with Crippen LogP contribution < -0.4 is 4.74 Å². The van der Waals surface area contributed by atoms with Gasteiger partial charge in [0, 0.05) is 30.1 Å². The molecule has 1 amide bonds. The molecule has 0 aromatic heterocycles. The third-order valence-corrected chi connectivity index (χ3v) is 6.07. The largest absolute Gasteiger partial charge is 0.493 e. The van der Waals surface area contributed by atoms with Crippen LogP contribution in [0.25, 0.3) is 11.1 Å². The van der Waals surface area contributed by atoms with Crippen LogP contribution in [0, 0.1) is 6.92 Å². The maximum absolute atomic E-state index is 13.6. The van der Waals surface area contributed by atoms with Crippen molar-refractivity contribution in [1.82, 2.24) is 4.90 Å². The number of carboxylic acids is 1. The second-order valence-electron chi connectivity index (χ2n) is 9.01. The van der Waals surface area contributed by atoms with E-state index in [4.69, 9.17) is 12.6 Å². The van der Waals surface area contributed by atoms with Gasteiger partial charge in [-0.3, -0.25) is 9.59 Å². The molecule has 5 heteroatoms. The molecule has 0 aliphatic heterocycles. The average molecular weight is 474 g/mol. The van der Waals surface area contributed by atoms with E-state index in [0.29, 0.717) is 42.7 Å². The summed E-state index contributed by atoms with van der Waals surface area (Å²) in [5.74, 6) is -0.751. The van der Waals surface area contributed by atoms with Gasteiger partial charge in [-0.1, -0.05) is 60.2 Å². The molecule has 0 spiro atoms. The molecule has 3 aromatic rings. The first-order chi connectivity index (χ1) is 17.8. The van der Waals surface area contributed by atoms with Crippen LogP contribution in [0.4, 0.5) is 0 Å². The number of para-hydroxylation sites is 1. The van der Waals surface area contributed by atoms with Crippen molar-refractivity contribution in [3.8, 4) is 16.9 Å². The molecule has 1 fully saturated rings. The van der Waals surface area contributed by atoms with Gasteiger partial charge < -0.3 is 14.7 Å². The quantitative estimate of drug-likeness (QED) is 0.305. The molecule has 1 N–H and O–H groups in total. The van der Waals surface area contributed by atoms with Crippen molar-refractivity contribution in [3.05, 3.63) is 89.5 Å². The predicted molar refractivity (Wildman–Crippen MR) is 138 cm³/mol. The molecule has 1 aliphatic rings. The van der Waals surface area contributed by atoms with Gasteiger partial charge in [0.05, 0.1) is 9.35 Å². The first-order valence-electron chi connectivity index (χ1n) is 13.2. The van der Waals surface area contributed by atoms with Crippen molar-refractivity contribution in [3.63, 3.8) is 0 Å². The summed E-state index contributed by atoms with van der Waals surface area (Å²) >= 11 is 0. The fourth-order valence-corrected chi connectivity index (χ4v) is 3.88. The predicted octanol–water partition coefficient (Wildman–Crippen LogP) is 6.49. The zero-order valence-electron chi connectivity index (χ0n) is 22.1. The van der Waals surface area contributed by atoms with Gasteiger partial charge in [0.1, 0.15) is 5.75 Å². The Bertz CT molecular complexity index is 1220. The Morgan fingerprint density at radius 3 is 2.26 bits per heavy atom. The molecular weight excluding hydrogens is 438 g/mol. The fraction of sp³-hybridized carbons (Fsp3) is 0.333. The minimum atomic E-state index is -2.06. The van der Waals surface area contributed by atoms with Crippen molar-refractivity contribution in [1.29, 1.82) is 0 Å². The lowest BCUT2D eigenvalue weighted by molar-refractivity contribution is -0.137. The molecule has 3 aromatic carbocycles. The van der Waals surface area contributed by atoms with Crippen molar-refractivity contribution in [2.24, 2.45) is 0 Å². The van der Waals surface area contributed by atoms with Crippen LogP contribution in [0.15, 0.2) is 72.8 Å². The lowest BCUT2D eigenvalue weighted by Crippen LogP contribution is -2.32. The first-order valence-corrected chi connectivity index (χ1v) is 12.2. The first kappa shape index (κ1) is 21.9. The van der Waals surface area contributed by atoms with E-state index in [1.165, 1.54) is 10.5 Å². The van der Waals surface area contributed by atoms with Gasteiger partial charge in [-0.05, 0) is 68.4 Å². The SMILES string of the molecule is [2H]C([2H])(c1ccccc1OCCCCCC(=O)O)N(C(=O)c1ccc(-c2ccc(C)cc2)cc1)C1CC1. The Labute approximate surface area is 210 Å². The second-order valence-corrected chi connectivity index (χ2v) is 9.01. The molecule has 0 heterocycles. The second kappa shape index (κ2) is 11.7. The lowest BCUT2D eigenvalue weighted by Gasteiger charge is -2.24. The van der Waals surface area contributed by atoms with E-state index in [1.807, 2.05) is 43.3 Å². The van der Waals surface area contributed by atoms with Crippen LogP contribution >= 0.6 is 0 Å². The van der Waals surface area contributed by atoms with Gasteiger partial charge in [0.2, 0.25) is 0 Å². The lowest BCUT2D eigenvalue weighted by atomic mass is 10.0. The van der Waals surface area contributed by atoms with Crippen LogP contribution in [-0.4, -0.2) is 34.5 Å². The van der Waals surface area contributed by atoms with E-state index < -0.39 is 12.5 Å². The van der Waals surface area contributed by atoms with Crippen LogP contribution in [0.1, 0.15) is 62.8 Å². The third kappa shape index (κ3) is 6.95. The summed E-state index contributed by atoms with van der Waals surface area (Å²) in [6.07, 6.45) is 3.62. The number of ether oxygens (including phenoxy) is 1. The molecule has 0 bridgehead atoms. The molecule has 35 heavy (non-hydrogen) atoms. The van der Waals surface area contributed by atoms with Crippen molar-refractivity contribution in [2.75, 3.05) is 6.61 Å². The van der Waals surface area contributed by atoms with E-state index in [-0.39, 0.29) is 18.4 Å². The summed E-state index contributed by atoms with van der Waals surface area (Å²) < 4.78 is 24.0. The highest BCUT2D eigenvalue weighted by Gasteiger charge is 2.33. The van der Waals surface area contributed by atoms with E-state index >= 15 is 0 Å². The minimum Gasteiger partial charge on any atom is -0.493 e. The Morgan fingerprint density at radius 1 is 0.943 bits per heavy atom. The molecule has 1 saturated carbocycles. The molecule has 182 valence electrons. The summed E-state index contributed by atoms with van der Waals surface area (Å²) in [6.45, 7) is 0.329. The van der Waals surface area contributed by atoms with Crippen molar-refractivity contribution < 1.29 is 22.2 Å². The Morgan fingerprint density at radius 2 is 1.60 bits per heavy atom. The third-order valence-electron chi connectivity index (χ3n) is 6.07. The van der Waals surface area contributed by atoms with Gasteiger partial charge in [-0.15, -0.1) is 0 Å². The number of amides is 1. The number of carbonyl (C=O) groups excluding carboxylic acids is 1. The minimum absolute atomic E-state index is 0.129. The number of rotatable bonds is 12. The normalized spacial score (nSPS) is 14.1. The Balaban J connectivity index is 1.50. The van der Waals surface area contributed by atoms with Crippen LogP contribution in [0.2, 0.25) is 0 Å². The van der Waals surface area contributed by atoms with E-state index in [2.05, 4.69) is 0 Å². The number of carboxylic acid groups (broad SMARTS) is 1. The van der Waals surface area contributed by atoms with Gasteiger partial charge in [-0.2, -0.15) is 0 Å². The fourth-order valence-electron chi connectivity index (χ4n) is 3.88. The van der Waals surface area contributed by atoms with E-state index in [0.717, 1.165) is 24.0 Å². The van der Waals surface area contributed by atoms with Crippen LogP contribution in [0.3, 0.4) is 0 Å². The topological polar surface area (TPSA) is 66.8 Å². The summed E-state index contributed by atoms with van der Waals surface area (Å²) in [5.41, 5.74) is 4.01. The average Bonchev–Trinajstić information content (AvgIpc) is 3.71. The van der Waals surface area contributed by atoms with Gasteiger partial charge in [0.25, 0.3) is 5.91 Å². The molecule has 0 atom stereocenters. The van der Waals surface area contributed by atoms with Crippen molar-refractivity contribution >= 4 is 11.9 Å². The number of hydrogen-bond acceptors (Lipinski definition) is 3. The number of aryl methyl sites for hydroxylation is 1. The van der Waals surface area contributed by atoms with Crippen molar-refractivity contribution in [2.45, 2.75) is 58.0 Å². The standard InChI is InChI=1S/C30H33NO4/c1-22-10-12-23(13-11-22)24-14-16-25(17-15-24)30(34)31(27-18-19-27)21-26-7-4-5-8-28(26)35-20-6-2-3-9-29(32)33/h4-5,7-8,10-17,27H,2-3,6,9,18-21H2,1H3,(H,32,33)/i21D2. The molecule has 0 radical (unpaired) electrons. The number of carbonyl (C=O) groups is 2. The summed E-state index contributed by atoms with van der Waals surface area (Å²) in [7, 11) is 0. The van der Waals surface area contributed by atoms with Crippen LogP contribution in [0.5, 0.6) is 5.75 Å². The summed E-state index contributed by atoms with van der Waals surface area (Å²) in [5, 5.41) is 8.77. The summed E-state index contributed by atoms with van der Waals surface area (Å²) in [6, 6.07) is 22.3. The summed E-state index contributed by atoms with van der Waals surface area (Å²) in [4.78, 5) is 25.7. The highest BCUT2D eigenvalue weighted by Crippen LogP contribution is 2.32. The number of unbranched alkanes of at least 4 members (excludes halogenated alkanes) is 2. The number of nitrogens with zero attached hydrogens (tertiary/aromatic N) is 1. The molecule has 1 aliphatic carbocycles. The number of aliphatic carboxylic acids is 1. The highest BCUT2D eigenvalue weighted by atomic mass is 16.5. The highest BCUT2D eigenvalue weighted by molar-refractivity contribution is 5.95. The molecule has 0 saturated heterocycles. The van der Waals surface area contributed by atoms with E-state index in [1.54, 1.807) is 36.4 Å². The van der Waals surface area contributed by atoms with Crippen LogP contribution in [-0.2, 0) is 11.3 Å². The number of benzene rings is 3. The maximum atomic E-state index is 13.6. The molecule has 0 unspecified atom stereocenters. The number of hydrogen-bond donors (Lipinski definition) is 1. The molecule has 4 rings (SSSR count). The Hall–Kier alpha value is -3.60. The van der Waals surface area contributed by atoms with Gasteiger partial charge in [-0.25, -0.2) is 0 Å². The monoisotopic (exact) mass is 473 g/mol. The molecule has 5 nitrogen and oxygen atoms in total. The molecular formula is C30H33NO4. The Kier molecular flexibility index (Phi) is 7.32. The van der Waals surface area contributed by atoms with Gasteiger partial charge in [0.15, 0.2) is 0 Å². The maximum Gasteiger partial charge on any atom is 0.303 e.